The van der Waals surface area contributed by atoms with Crippen LogP contribution in [0.5, 0.6) is 5.75 Å². The normalized spacial score (nSPS) is 21.6. The summed E-state index contributed by atoms with van der Waals surface area (Å²) < 4.78 is 54.2. The minimum absolute atomic E-state index is 0. The van der Waals surface area contributed by atoms with Crippen LogP contribution in [-0.4, -0.2) is 49.5 Å². The van der Waals surface area contributed by atoms with Crippen LogP contribution < -0.4 is 26.6 Å². The van der Waals surface area contributed by atoms with E-state index >= 15 is 0 Å². The van der Waals surface area contributed by atoms with E-state index in [-0.39, 0.29) is 35.5 Å². The van der Waals surface area contributed by atoms with Crippen LogP contribution in [0.25, 0.3) is 0 Å². The average Bonchev–Trinajstić information content (AvgIpc) is 2.93. The van der Waals surface area contributed by atoms with E-state index in [0.29, 0.717) is 17.9 Å². The highest BCUT2D eigenvalue weighted by atomic mass is 79.9. The summed E-state index contributed by atoms with van der Waals surface area (Å²) in [6.45, 7) is 4.31. The topological polar surface area (TPSA) is 38.8 Å². The van der Waals surface area contributed by atoms with Crippen molar-refractivity contribution >= 4 is 11.8 Å². The van der Waals surface area contributed by atoms with Crippen molar-refractivity contribution < 1.29 is 48.9 Å². The van der Waals surface area contributed by atoms with Gasteiger partial charge in [-0.2, -0.15) is 0 Å². The first kappa shape index (κ1) is 29.0. The van der Waals surface area contributed by atoms with Crippen molar-refractivity contribution in [3.63, 3.8) is 0 Å². The highest BCUT2D eigenvalue weighted by molar-refractivity contribution is 5.87. The summed E-state index contributed by atoms with van der Waals surface area (Å²) in [5, 5.41) is 0. The van der Waals surface area contributed by atoms with E-state index in [0.717, 1.165) is 67.8 Å². The number of fused-ring (bicyclic) bond motifs is 3. The number of rotatable bonds is 9. The van der Waals surface area contributed by atoms with Crippen LogP contribution in [-0.2, 0) is 11.3 Å². The molecule has 0 unspecified atom stereocenters. The van der Waals surface area contributed by atoms with Crippen LogP contribution in [0.15, 0.2) is 72.8 Å². The second kappa shape index (κ2) is 12.9. The maximum absolute atomic E-state index is 14.0. The average molecular weight is 605 g/mol. The second-order valence-corrected chi connectivity index (χ2v) is 10.3. The Labute approximate surface area is 237 Å². The van der Waals surface area contributed by atoms with E-state index in [4.69, 9.17) is 9.47 Å². The number of para-hydroxylation sites is 1. The van der Waals surface area contributed by atoms with E-state index < -0.39 is 23.5 Å². The molecular weight excluding hydrogens is 573 g/mol. The zero-order chi connectivity index (χ0) is 26.5. The molecule has 39 heavy (non-hydrogen) atoms. The van der Waals surface area contributed by atoms with Crippen LogP contribution in [0.3, 0.4) is 0 Å². The molecule has 208 valence electrons. The molecule has 0 aromatic heterocycles. The number of benzene rings is 3. The molecule has 3 aromatic rings. The van der Waals surface area contributed by atoms with Crippen molar-refractivity contribution in [2.75, 3.05) is 37.7 Å². The molecule has 5 nitrogen and oxygen atoms in total. The Bertz CT molecular complexity index is 1260. The Hall–Kier alpha value is -3.04. The molecule has 0 saturated carbocycles. The van der Waals surface area contributed by atoms with Crippen molar-refractivity contribution in [3.8, 4) is 5.75 Å². The third-order valence-electron chi connectivity index (χ3n) is 7.75. The van der Waals surface area contributed by atoms with Gasteiger partial charge < -0.3 is 30.9 Å². The highest BCUT2D eigenvalue weighted by Crippen LogP contribution is 2.36. The zero-order valence-corrected chi connectivity index (χ0v) is 23.2. The first-order valence-electron chi connectivity index (χ1n) is 13.1. The van der Waals surface area contributed by atoms with E-state index in [9.17, 15) is 18.0 Å². The number of piperidine rings is 3. The van der Waals surface area contributed by atoms with Gasteiger partial charge in [-0.15, -0.1) is 0 Å². The minimum atomic E-state index is -1.00. The van der Waals surface area contributed by atoms with Crippen molar-refractivity contribution in [2.24, 2.45) is 5.92 Å². The Morgan fingerprint density at radius 1 is 0.923 bits per heavy atom. The summed E-state index contributed by atoms with van der Waals surface area (Å²) in [5.41, 5.74) is 0.670. The molecular formula is C30H32BrF3N2O3. The predicted molar refractivity (Wildman–Crippen MR) is 138 cm³/mol. The van der Waals surface area contributed by atoms with Gasteiger partial charge in [0.1, 0.15) is 18.1 Å². The van der Waals surface area contributed by atoms with Crippen LogP contribution in [0.1, 0.15) is 24.8 Å². The van der Waals surface area contributed by atoms with Gasteiger partial charge in [-0.3, -0.25) is 4.90 Å². The smallest absolute Gasteiger partial charge is 0.415 e. The molecule has 0 spiro atoms. The molecule has 9 heteroatoms. The molecule has 3 heterocycles. The highest BCUT2D eigenvalue weighted by Gasteiger charge is 2.47. The van der Waals surface area contributed by atoms with Gasteiger partial charge in [-0.25, -0.2) is 18.0 Å². The molecule has 3 saturated heterocycles. The van der Waals surface area contributed by atoms with Crippen LogP contribution >= 0.6 is 0 Å². The van der Waals surface area contributed by atoms with Crippen molar-refractivity contribution in [1.82, 2.24) is 0 Å². The van der Waals surface area contributed by atoms with Gasteiger partial charge in [0.15, 0.2) is 17.7 Å². The Morgan fingerprint density at radius 3 is 2.41 bits per heavy atom. The third kappa shape index (κ3) is 7.13. The van der Waals surface area contributed by atoms with Crippen molar-refractivity contribution in [2.45, 2.75) is 31.9 Å². The molecule has 0 N–H and O–H groups in total. The monoisotopic (exact) mass is 604 g/mol. The molecule has 0 radical (unpaired) electrons. The fourth-order valence-electron chi connectivity index (χ4n) is 5.69. The first-order chi connectivity index (χ1) is 18.4. The largest absolute Gasteiger partial charge is 1.00 e. The van der Waals surface area contributed by atoms with Gasteiger partial charge in [-0.1, -0.05) is 30.3 Å². The second-order valence-electron chi connectivity index (χ2n) is 10.3. The zero-order valence-electron chi connectivity index (χ0n) is 21.6. The number of ether oxygens (including phenoxy) is 2. The lowest BCUT2D eigenvalue weighted by molar-refractivity contribution is -0.946. The van der Waals surface area contributed by atoms with Crippen molar-refractivity contribution in [1.29, 1.82) is 0 Å². The summed E-state index contributed by atoms with van der Waals surface area (Å²) in [6.07, 6.45) is 1.96. The molecule has 0 aliphatic carbocycles. The molecule has 3 aromatic carbocycles. The summed E-state index contributed by atoms with van der Waals surface area (Å²) in [4.78, 5) is 14.7. The number of nitrogens with zero attached hydrogens (tertiary/aromatic N) is 2. The Balaban J connectivity index is 0.00000353. The van der Waals surface area contributed by atoms with Gasteiger partial charge in [0.2, 0.25) is 0 Å². The van der Waals surface area contributed by atoms with Gasteiger partial charge in [0, 0.05) is 25.2 Å². The van der Waals surface area contributed by atoms with Crippen LogP contribution in [0.4, 0.5) is 23.7 Å². The fourth-order valence-corrected chi connectivity index (χ4v) is 5.69. The lowest BCUT2D eigenvalue weighted by Gasteiger charge is -2.52. The van der Waals surface area contributed by atoms with E-state index in [1.54, 1.807) is 6.07 Å². The number of hydrogen-bond acceptors (Lipinski definition) is 3. The number of amides is 1. The molecule has 2 bridgehead atoms. The summed E-state index contributed by atoms with van der Waals surface area (Å²) in [5.74, 6) is -1.35. The number of halogens is 4. The van der Waals surface area contributed by atoms with E-state index in [1.165, 1.54) is 29.2 Å². The Morgan fingerprint density at radius 2 is 1.69 bits per heavy atom. The maximum atomic E-state index is 14.0. The first-order valence-corrected chi connectivity index (χ1v) is 13.1. The van der Waals surface area contributed by atoms with Crippen LogP contribution in [0.2, 0.25) is 0 Å². The Kier molecular flexibility index (Phi) is 9.56. The summed E-state index contributed by atoms with van der Waals surface area (Å²) in [6, 6.07) is 18.8. The predicted octanol–water partition coefficient (Wildman–Crippen LogP) is 3.33. The quantitative estimate of drug-likeness (QED) is 0.278. The van der Waals surface area contributed by atoms with Crippen molar-refractivity contribution in [3.05, 3.63) is 95.8 Å². The third-order valence-corrected chi connectivity index (χ3v) is 7.75. The van der Waals surface area contributed by atoms with E-state index in [2.05, 4.69) is 0 Å². The maximum Gasteiger partial charge on any atom is 0.415 e. The van der Waals surface area contributed by atoms with Crippen LogP contribution in [0, 0.1) is 23.4 Å². The SMILES string of the molecule is O=C(O[C@H]1C[N+]2(CCCOc3ccccc3)CCC1CC2)N(Cc1ccc(F)c(F)c1)c1cccc(F)c1.[Br-]. The van der Waals surface area contributed by atoms with Gasteiger partial charge >= 0.3 is 6.09 Å². The molecule has 3 fully saturated rings. The molecule has 6 rings (SSSR count). The molecule has 3 aliphatic heterocycles. The summed E-state index contributed by atoms with van der Waals surface area (Å²) in [7, 11) is 0. The van der Waals surface area contributed by atoms with Gasteiger partial charge in [-0.05, 0) is 48.0 Å². The lowest BCUT2D eigenvalue weighted by atomic mass is 9.83. The number of carbonyl (C=O) groups excluding carboxylic acids is 1. The van der Waals surface area contributed by atoms with E-state index in [1.807, 2.05) is 30.3 Å². The summed E-state index contributed by atoms with van der Waals surface area (Å²) >= 11 is 0. The molecule has 1 atom stereocenters. The fraction of sp³-hybridized carbons (Fsp3) is 0.367. The number of hydrogen-bond donors (Lipinski definition) is 0. The standard InChI is InChI=1S/C30H32F3N2O3.BrH/c31-24-6-4-7-25(19-24)34(20-22-10-11-27(32)28(33)18-22)30(36)38-29-21-35(15-12-23(29)13-16-35)14-5-17-37-26-8-2-1-3-9-26;/h1-4,6-11,18-19,23,29H,5,12-17,20-21H2;1H/q+1;/p-1/t23?,29-,35?;/m0./s1. The molecule has 3 aliphatic rings. The number of anilines is 1. The number of quaternary nitrogens is 1. The van der Waals surface area contributed by atoms with Gasteiger partial charge in [0.05, 0.1) is 38.5 Å². The minimum Gasteiger partial charge on any atom is -1.00 e. The van der Waals surface area contributed by atoms with Gasteiger partial charge in [0.25, 0.3) is 0 Å². The molecule has 1 amide bonds. The number of carbonyl (C=O) groups is 1. The lowest BCUT2D eigenvalue weighted by Crippen LogP contribution is -3.00.